The van der Waals surface area contributed by atoms with Crippen LogP contribution in [0.2, 0.25) is 0 Å². The molecule has 0 saturated carbocycles. The Morgan fingerprint density at radius 3 is 2.80 bits per heavy atom. The Labute approximate surface area is 117 Å². The molecule has 3 rings (SSSR count). The van der Waals surface area contributed by atoms with Crippen LogP contribution in [0.25, 0.3) is 0 Å². The summed E-state index contributed by atoms with van der Waals surface area (Å²) in [6.45, 7) is 2.30. The predicted octanol–water partition coefficient (Wildman–Crippen LogP) is 1.65. The second kappa shape index (κ2) is 6.01. The van der Waals surface area contributed by atoms with Crippen LogP contribution in [-0.2, 0) is 30.3 Å². The van der Waals surface area contributed by atoms with Gasteiger partial charge >= 0.3 is 0 Å². The lowest BCUT2D eigenvalue weighted by Gasteiger charge is -2.34. The van der Waals surface area contributed by atoms with Crippen LogP contribution in [0.5, 0.6) is 0 Å². The molecule has 1 unspecified atom stereocenters. The van der Waals surface area contributed by atoms with Gasteiger partial charge in [0.05, 0.1) is 12.7 Å². The summed E-state index contributed by atoms with van der Waals surface area (Å²) < 4.78 is 22.6. The van der Waals surface area contributed by atoms with Crippen molar-refractivity contribution < 1.29 is 23.7 Å². The monoisotopic (exact) mass is 278 g/mol. The summed E-state index contributed by atoms with van der Waals surface area (Å²) in [5.74, 6) is 0. The third-order valence-electron chi connectivity index (χ3n) is 3.54. The maximum Gasteiger partial charge on any atom is 0.190 e. The average molecular weight is 278 g/mol. The standard InChI is InChI=1S/C15H18O5/c1-10-18-14-13(7-12(8-16)20-15(14)19-10)17-9-11-5-3-2-4-6-11/h2-6,8,10,12-15H,7,9H2,1H3/t10?,12-,13+,14+,15-/m0/s1. The predicted molar refractivity (Wildman–Crippen MR) is 69.8 cm³/mol. The molecule has 0 aliphatic carbocycles. The maximum absolute atomic E-state index is 11.0. The van der Waals surface area contributed by atoms with E-state index >= 15 is 0 Å². The number of benzene rings is 1. The fourth-order valence-corrected chi connectivity index (χ4v) is 2.58. The molecule has 0 radical (unpaired) electrons. The van der Waals surface area contributed by atoms with Crippen molar-refractivity contribution in [3.05, 3.63) is 35.9 Å². The Balaban J connectivity index is 1.65. The third-order valence-corrected chi connectivity index (χ3v) is 3.54. The highest BCUT2D eigenvalue weighted by Gasteiger charge is 2.46. The summed E-state index contributed by atoms with van der Waals surface area (Å²) in [4.78, 5) is 11.0. The number of aldehydes is 1. The SMILES string of the molecule is CC1O[C@H]2O[C@H](C=O)C[C@@H](OCc3ccccc3)[C@H]2O1. The first-order chi connectivity index (χ1) is 9.76. The Bertz CT molecular complexity index is 449. The Morgan fingerprint density at radius 1 is 1.25 bits per heavy atom. The maximum atomic E-state index is 11.0. The Kier molecular flexibility index (Phi) is 4.12. The minimum Gasteiger partial charge on any atom is -0.371 e. The van der Waals surface area contributed by atoms with Gasteiger partial charge in [-0.05, 0) is 12.5 Å². The summed E-state index contributed by atoms with van der Waals surface area (Å²) in [5.41, 5.74) is 1.09. The zero-order valence-electron chi connectivity index (χ0n) is 11.3. The van der Waals surface area contributed by atoms with Crippen molar-refractivity contribution >= 4 is 6.29 Å². The van der Waals surface area contributed by atoms with E-state index in [4.69, 9.17) is 18.9 Å². The minimum atomic E-state index is -0.519. The molecular formula is C15H18O5. The molecule has 0 bridgehead atoms. The summed E-state index contributed by atoms with van der Waals surface area (Å²) in [6.07, 6.45) is -0.535. The first kappa shape index (κ1) is 13.7. The number of ether oxygens (including phenoxy) is 4. The third kappa shape index (κ3) is 2.91. The number of hydrogen-bond donors (Lipinski definition) is 0. The van der Waals surface area contributed by atoms with E-state index in [1.54, 1.807) is 0 Å². The Morgan fingerprint density at radius 2 is 2.05 bits per heavy atom. The van der Waals surface area contributed by atoms with Gasteiger partial charge in [0, 0.05) is 6.42 Å². The van der Waals surface area contributed by atoms with Gasteiger partial charge in [0.2, 0.25) is 0 Å². The van der Waals surface area contributed by atoms with Gasteiger partial charge in [0.25, 0.3) is 0 Å². The lowest BCUT2D eigenvalue weighted by Crippen LogP contribution is -2.48. The van der Waals surface area contributed by atoms with E-state index in [1.165, 1.54) is 0 Å². The zero-order chi connectivity index (χ0) is 13.9. The molecule has 5 heteroatoms. The molecule has 1 aromatic rings. The quantitative estimate of drug-likeness (QED) is 0.784. The molecule has 5 atom stereocenters. The molecule has 1 aromatic carbocycles. The van der Waals surface area contributed by atoms with Crippen molar-refractivity contribution in [3.63, 3.8) is 0 Å². The van der Waals surface area contributed by atoms with Crippen molar-refractivity contribution in [1.29, 1.82) is 0 Å². The normalized spacial score (nSPS) is 36.5. The summed E-state index contributed by atoms with van der Waals surface area (Å²) in [7, 11) is 0. The molecule has 5 nitrogen and oxygen atoms in total. The van der Waals surface area contributed by atoms with E-state index in [0.717, 1.165) is 11.8 Å². The van der Waals surface area contributed by atoms with Gasteiger partial charge < -0.3 is 23.7 Å². The number of carbonyl (C=O) groups is 1. The van der Waals surface area contributed by atoms with Crippen LogP contribution in [0.4, 0.5) is 0 Å². The highest BCUT2D eigenvalue weighted by molar-refractivity contribution is 5.56. The van der Waals surface area contributed by atoms with Gasteiger partial charge in [-0.3, -0.25) is 0 Å². The minimum absolute atomic E-state index is 0.200. The lowest BCUT2D eigenvalue weighted by atomic mass is 10.0. The molecule has 20 heavy (non-hydrogen) atoms. The molecule has 0 amide bonds. The van der Waals surface area contributed by atoms with E-state index in [2.05, 4.69) is 0 Å². The molecule has 2 heterocycles. The van der Waals surface area contributed by atoms with Crippen molar-refractivity contribution in [1.82, 2.24) is 0 Å². The fourth-order valence-electron chi connectivity index (χ4n) is 2.58. The Hall–Kier alpha value is -1.27. The van der Waals surface area contributed by atoms with E-state index in [0.29, 0.717) is 13.0 Å². The van der Waals surface area contributed by atoms with Crippen LogP contribution in [0.3, 0.4) is 0 Å². The van der Waals surface area contributed by atoms with Crippen LogP contribution in [0.1, 0.15) is 18.9 Å². The highest BCUT2D eigenvalue weighted by atomic mass is 16.8. The van der Waals surface area contributed by atoms with Crippen LogP contribution in [-0.4, -0.2) is 37.2 Å². The van der Waals surface area contributed by atoms with Gasteiger partial charge in [-0.15, -0.1) is 0 Å². The van der Waals surface area contributed by atoms with Crippen LogP contribution in [0, 0.1) is 0 Å². The number of fused-ring (bicyclic) bond motifs is 1. The van der Waals surface area contributed by atoms with E-state index in [1.807, 2.05) is 37.3 Å². The molecule has 108 valence electrons. The number of hydrogen-bond acceptors (Lipinski definition) is 5. The number of carbonyl (C=O) groups excluding carboxylic acids is 1. The second-order valence-corrected chi connectivity index (χ2v) is 5.05. The van der Waals surface area contributed by atoms with Gasteiger partial charge in [0.1, 0.15) is 18.5 Å². The fraction of sp³-hybridized carbons (Fsp3) is 0.533. The van der Waals surface area contributed by atoms with E-state index < -0.39 is 12.4 Å². The van der Waals surface area contributed by atoms with E-state index in [9.17, 15) is 4.79 Å². The number of rotatable bonds is 4. The van der Waals surface area contributed by atoms with Crippen LogP contribution >= 0.6 is 0 Å². The lowest BCUT2D eigenvalue weighted by molar-refractivity contribution is -0.210. The molecule has 2 fully saturated rings. The van der Waals surface area contributed by atoms with Gasteiger partial charge in [-0.25, -0.2) is 0 Å². The summed E-state index contributed by atoms with van der Waals surface area (Å²) in [6, 6.07) is 9.91. The van der Waals surface area contributed by atoms with Gasteiger partial charge in [-0.2, -0.15) is 0 Å². The summed E-state index contributed by atoms with van der Waals surface area (Å²) in [5, 5.41) is 0. The molecule has 0 spiro atoms. The molecule has 2 saturated heterocycles. The smallest absolute Gasteiger partial charge is 0.190 e. The largest absolute Gasteiger partial charge is 0.371 e. The van der Waals surface area contributed by atoms with Crippen LogP contribution < -0.4 is 0 Å². The molecule has 2 aliphatic heterocycles. The molecule has 0 N–H and O–H groups in total. The van der Waals surface area contributed by atoms with Crippen molar-refractivity contribution in [2.75, 3.05) is 0 Å². The topological polar surface area (TPSA) is 54.0 Å². The second-order valence-electron chi connectivity index (χ2n) is 5.05. The van der Waals surface area contributed by atoms with Gasteiger partial charge in [-0.1, -0.05) is 30.3 Å². The first-order valence-corrected chi connectivity index (χ1v) is 6.83. The van der Waals surface area contributed by atoms with Crippen molar-refractivity contribution in [3.8, 4) is 0 Å². The van der Waals surface area contributed by atoms with Crippen molar-refractivity contribution in [2.24, 2.45) is 0 Å². The zero-order valence-corrected chi connectivity index (χ0v) is 11.3. The average Bonchev–Trinajstić information content (AvgIpc) is 2.86. The first-order valence-electron chi connectivity index (χ1n) is 6.83. The van der Waals surface area contributed by atoms with Crippen LogP contribution in [0.15, 0.2) is 30.3 Å². The van der Waals surface area contributed by atoms with E-state index in [-0.39, 0.29) is 18.5 Å². The molecular weight excluding hydrogens is 260 g/mol. The van der Waals surface area contributed by atoms with Crippen molar-refractivity contribution in [2.45, 2.75) is 50.8 Å². The molecule has 2 aliphatic rings. The van der Waals surface area contributed by atoms with Gasteiger partial charge in [0.15, 0.2) is 12.6 Å². The molecule has 0 aromatic heterocycles. The summed E-state index contributed by atoms with van der Waals surface area (Å²) >= 11 is 0. The highest BCUT2D eigenvalue weighted by Crippen LogP contribution is 2.32.